The van der Waals surface area contributed by atoms with Crippen molar-refractivity contribution in [3.05, 3.63) is 0 Å². The second-order valence-electron chi connectivity index (χ2n) is 9.30. The van der Waals surface area contributed by atoms with E-state index in [4.69, 9.17) is 5.11 Å². The number of rotatable bonds is 21. The van der Waals surface area contributed by atoms with Crippen molar-refractivity contribution in [1.82, 2.24) is 0 Å². The molecule has 4 nitrogen and oxygen atoms in total. The van der Waals surface area contributed by atoms with Crippen molar-refractivity contribution in [3.63, 3.8) is 0 Å². The molecule has 0 aromatic carbocycles. The molecule has 0 radical (unpaired) electrons. The summed E-state index contributed by atoms with van der Waals surface area (Å²) >= 11 is 0. The first kappa shape index (κ1) is 27.9. The Morgan fingerprint density at radius 2 is 1.24 bits per heavy atom. The minimum absolute atomic E-state index is 0.272. The Hall–Kier alpha value is -1.06. The summed E-state index contributed by atoms with van der Waals surface area (Å²) in [6, 6.07) is 0. The SMILES string of the molecule is CCCCCCC(CCCC)CC(C)(CCCCCCCCCC(=O)O)C(=O)O. The lowest BCUT2D eigenvalue weighted by atomic mass is 9.74. The number of carboxylic acids is 2. The Labute approximate surface area is 179 Å². The third kappa shape index (κ3) is 15.4. The molecule has 0 heterocycles. The van der Waals surface area contributed by atoms with Crippen molar-refractivity contribution in [3.8, 4) is 0 Å². The molecule has 2 N–H and O–H groups in total. The van der Waals surface area contributed by atoms with Gasteiger partial charge in [-0.3, -0.25) is 9.59 Å². The summed E-state index contributed by atoms with van der Waals surface area (Å²) in [5.74, 6) is -0.788. The second kappa shape index (κ2) is 17.8. The van der Waals surface area contributed by atoms with Crippen molar-refractivity contribution in [1.29, 1.82) is 0 Å². The molecule has 0 aliphatic carbocycles. The van der Waals surface area contributed by atoms with Gasteiger partial charge in [-0.2, -0.15) is 0 Å². The predicted molar refractivity (Wildman–Crippen MR) is 121 cm³/mol. The zero-order valence-corrected chi connectivity index (χ0v) is 19.5. The fraction of sp³-hybridized carbons (Fsp3) is 0.920. The zero-order valence-electron chi connectivity index (χ0n) is 19.5. The minimum atomic E-state index is -0.708. The van der Waals surface area contributed by atoms with E-state index in [-0.39, 0.29) is 6.42 Å². The van der Waals surface area contributed by atoms with Crippen LogP contribution in [0.5, 0.6) is 0 Å². The first-order chi connectivity index (χ1) is 13.9. The number of aliphatic carboxylic acids is 2. The van der Waals surface area contributed by atoms with Gasteiger partial charge in [-0.05, 0) is 32.1 Å². The van der Waals surface area contributed by atoms with Crippen molar-refractivity contribution >= 4 is 11.9 Å². The first-order valence-electron chi connectivity index (χ1n) is 12.3. The molecule has 0 fully saturated rings. The summed E-state index contributed by atoms with van der Waals surface area (Å²) in [5.41, 5.74) is -0.593. The van der Waals surface area contributed by atoms with E-state index in [0.29, 0.717) is 5.92 Å². The van der Waals surface area contributed by atoms with Gasteiger partial charge in [0.05, 0.1) is 5.41 Å². The third-order valence-corrected chi connectivity index (χ3v) is 6.31. The van der Waals surface area contributed by atoms with Crippen LogP contribution in [0.4, 0.5) is 0 Å². The Bertz CT molecular complexity index is 421. The number of unbranched alkanes of at least 4 members (excludes halogenated alkanes) is 10. The highest BCUT2D eigenvalue weighted by Crippen LogP contribution is 2.36. The highest BCUT2D eigenvalue weighted by atomic mass is 16.4. The molecule has 0 bridgehead atoms. The number of hydrogen-bond donors (Lipinski definition) is 2. The molecule has 0 spiro atoms. The van der Waals surface area contributed by atoms with Gasteiger partial charge in [0.25, 0.3) is 0 Å². The highest BCUT2D eigenvalue weighted by molar-refractivity contribution is 5.74. The lowest BCUT2D eigenvalue weighted by molar-refractivity contribution is -0.149. The predicted octanol–water partition coefficient (Wildman–Crippen LogP) is 7.84. The number of carbonyl (C=O) groups is 2. The lowest BCUT2D eigenvalue weighted by Gasteiger charge is -2.30. The van der Waals surface area contributed by atoms with Crippen LogP contribution in [0, 0.1) is 11.3 Å². The summed E-state index contributed by atoms with van der Waals surface area (Å²) < 4.78 is 0. The number of carboxylic acid groups (broad SMARTS) is 2. The molecule has 172 valence electrons. The quantitative estimate of drug-likeness (QED) is 0.188. The molecule has 0 aliphatic rings. The second-order valence-corrected chi connectivity index (χ2v) is 9.30. The Balaban J connectivity index is 4.27. The van der Waals surface area contributed by atoms with Crippen LogP contribution in [-0.2, 0) is 9.59 Å². The van der Waals surface area contributed by atoms with Crippen molar-refractivity contribution in [2.75, 3.05) is 0 Å². The van der Waals surface area contributed by atoms with E-state index in [2.05, 4.69) is 13.8 Å². The molecule has 0 amide bonds. The molecule has 2 atom stereocenters. The maximum atomic E-state index is 12.1. The van der Waals surface area contributed by atoms with Gasteiger partial charge in [-0.1, -0.05) is 104 Å². The Kier molecular flexibility index (Phi) is 17.1. The molecular formula is C25H48O4. The van der Waals surface area contributed by atoms with Gasteiger partial charge in [0.2, 0.25) is 0 Å². The third-order valence-electron chi connectivity index (χ3n) is 6.31. The molecular weight excluding hydrogens is 364 g/mol. The van der Waals surface area contributed by atoms with Gasteiger partial charge in [-0.25, -0.2) is 0 Å². The molecule has 2 unspecified atom stereocenters. The van der Waals surface area contributed by atoms with Gasteiger partial charge < -0.3 is 10.2 Å². The van der Waals surface area contributed by atoms with Crippen LogP contribution in [0.15, 0.2) is 0 Å². The van der Waals surface area contributed by atoms with Gasteiger partial charge in [0.1, 0.15) is 0 Å². The molecule has 0 aliphatic heterocycles. The highest BCUT2D eigenvalue weighted by Gasteiger charge is 2.34. The molecule has 4 heteroatoms. The normalized spacial score (nSPS) is 14.4. The standard InChI is InChI=1S/C25H48O4/c1-4-6-8-14-18-22(17-7-5-2)21-25(3,24(28)29)20-16-13-11-9-10-12-15-19-23(26)27/h22H,4-21H2,1-3H3,(H,26,27)(H,28,29). The average molecular weight is 413 g/mol. The fourth-order valence-electron chi connectivity index (χ4n) is 4.31. The van der Waals surface area contributed by atoms with Crippen LogP contribution in [0.25, 0.3) is 0 Å². The summed E-state index contributed by atoms with van der Waals surface area (Å²) in [4.78, 5) is 22.5. The molecule has 29 heavy (non-hydrogen) atoms. The van der Waals surface area contributed by atoms with E-state index in [1.54, 1.807) is 0 Å². The fourth-order valence-corrected chi connectivity index (χ4v) is 4.31. The summed E-state index contributed by atoms with van der Waals surface area (Å²) in [7, 11) is 0. The molecule has 0 saturated heterocycles. The van der Waals surface area contributed by atoms with Crippen LogP contribution in [-0.4, -0.2) is 22.2 Å². The maximum Gasteiger partial charge on any atom is 0.309 e. The van der Waals surface area contributed by atoms with Gasteiger partial charge in [0.15, 0.2) is 0 Å². The summed E-state index contributed by atoms with van der Waals surface area (Å²) in [6.07, 6.45) is 18.8. The van der Waals surface area contributed by atoms with E-state index >= 15 is 0 Å². The van der Waals surface area contributed by atoms with E-state index in [0.717, 1.165) is 57.8 Å². The van der Waals surface area contributed by atoms with Crippen LogP contribution in [0.1, 0.15) is 136 Å². The summed E-state index contributed by atoms with van der Waals surface area (Å²) in [5, 5.41) is 18.6. The Morgan fingerprint density at radius 3 is 1.79 bits per heavy atom. The van der Waals surface area contributed by atoms with E-state index < -0.39 is 17.4 Å². The van der Waals surface area contributed by atoms with Crippen LogP contribution in [0.3, 0.4) is 0 Å². The summed E-state index contributed by atoms with van der Waals surface area (Å²) in [6.45, 7) is 6.41. The smallest absolute Gasteiger partial charge is 0.309 e. The zero-order chi connectivity index (χ0) is 22.0. The van der Waals surface area contributed by atoms with Crippen LogP contribution < -0.4 is 0 Å². The van der Waals surface area contributed by atoms with Gasteiger partial charge in [-0.15, -0.1) is 0 Å². The Morgan fingerprint density at radius 1 is 0.724 bits per heavy atom. The van der Waals surface area contributed by atoms with E-state index in [1.165, 1.54) is 51.4 Å². The molecule has 0 aromatic heterocycles. The molecule has 0 rings (SSSR count). The lowest BCUT2D eigenvalue weighted by Crippen LogP contribution is -2.30. The average Bonchev–Trinajstić information content (AvgIpc) is 2.67. The topological polar surface area (TPSA) is 74.6 Å². The van der Waals surface area contributed by atoms with Crippen LogP contribution >= 0.6 is 0 Å². The van der Waals surface area contributed by atoms with Crippen LogP contribution in [0.2, 0.25) is 0 Å². The van der Waals surface area contributed by atoms with Crippen molar-refractivity contribution in [2.24, 2.45) is 11.3 Å². The minimum Gasteiger partial charge on any atom is -0.481 e. The van der Waals surface area contributed by atoms with Gasteiger partial charge in [0, 0.05) is 6.42 Å². The first-order valence-corrected chi connectivity index (χ1v) is 12.3. The van der Waals surface area contributed by atoms with Crippen molar-refractivity contribution < 1.29 is 19.8 Å². The van der Waals surface area contributed by atoms with Gasteiger partial charge >= 0.3 is 11.9 Å². The number of hydrogen-bond acceptors (Lipinski definition) is 2. The largest absolute Gasteiger partial charge is 0.481 e. The van der Waals surface area contributed by atoms with E-state index in [9.17, 15) is 14.7 Å². The maximum absolute atomic E-state index is 12.1. The van der Waals surface area contributed by atoms with Crippen molar-refractivity contribution in [2.45, 2.75) is 136 Å². The molecule has 0 aromatic rings. The van der Waals surface area contributed by atoms with E-state index in [1.807, 2.05) is 6.92 Å². The molecule has 0 saturated carbocycles. The monoisotopic (exact) mass is 412 g/mol.